The van der Waals surface area contributed by atoms with Crippen LogP contribution in [0.25, 0.3) is 10.4 Å². The summed E-state index contributed by atoms with van der Waals surface area (Å²) in [7, 11) is 0. The lowest BCUT2D eigenvalue weighted by atomic mass is 9.97. The molecule has 0 aliphatic heterocycles. The van der Waals surface area contributed by atoms with Gasteiger partial charge >= 0.3 is 5.97 Å². The summed E-state index contributed by atoms with van der Waals surface area (Å²) >= 11 is 1.42. The molecule has 0 unspecified atom stereocenters. The number of thiophene rings is 1. The van der Waals surface area contributed by atoms with Crippen molar-refractivity contribution in [1.29, 1.82) is 0 Å². The highest BCUT2D eigenvalue weighted by molar-refractivity contribution is 7.18. The van der Waals surface area contributed by atoms with Gasteiger partial charge in [0.2, 0.25) is 0 Å². The third-order valence-corrected chi connectivity index (χ3v) is 4.55. The Morgan fingerprint density at radius 3 is 2.67 bits per heavy atom. The van der Waals surface area contributed by atoms with Crippen molar-refractivity contribution in [1.82, 2.24) is 0 Å². The molecule has 1 aromatic heterocycles. The zero-order valence-electron chi connectivity index (χ0n) is 12.9. The van der Waals surface area contributed by atoms with E-state index in [0.29, 0.717) is 17.2 Å². The van der Waals surface area contributed by atoms with Crippen molar-refractivity contribution in [2.45, 2.75) is 33.6 Å². The normalized spacial score (nSPS) is 10.9. The quantitative estimate of drug-likeness (QED) is 0.839. The fourth-order valence-electron chi connectivity index (χ4n) is 2.38. The minimum atomic E-state index is -0.333. The zero-order chi connectivity index (χ0) is 15.6. The third kappa shape index (κ3) is 3.10. The molecule has 21 heavy (non-hydrogen) atoms. The Bertz CT molecular complexity index is 659. The van der Waals surface area contributed by atoms with Crippen LogP contribution < -0.4 is 5.73 Å². The van der Waals surface area contributed by atoms with Crippen molar-refractivity contribution in [3.63, 3.8) is 0 Å². The summed E-state index contributed by atoms with van der Waals surface area (Å²) < 4.78 is 5.11. The number of hydrogen-bond donors (Lipinski definition) is 1. The average Bonchev–Trinajstić information content (AvgIpc) is 2.77. The fraction of sp³-hybridized carbons (Fsp3) is 0.353. The summed E-state index contributed by atoms with van der Waals surface area (Å²) in [5, 5.41) is 0. The molecule has 2 rings (SSSR count). The molecule has 0 radical (unpaired) electrons. The molecule has 2 aromatic rings. The van der Waals surface area contributed by atoms with E-state index in [9.17, 15) is 4.79 Å². The highest BCUT2D eigenvalue weighted by Gasteiger charge is 2.24. The first kappa shape index (κ1) is 15.6. The molecule has 112 valence electrons. The Morgan fingerprint density at radius 2 is 2.10 bits per heavy atom. The van der Waals surface area contributed by atoms with E-state index in [1.54, 1.807) is 6.92 Å². The van der Waals surface area contributed by atoms with Gasteiger partial charge < -0.3 is 10.5 Å². The molecule has 1 aromatic carbocycles. The molecule has 0 saturated carbocycles. The van der Waals surface area contributed by atoms with Crippen LogP contribution in [0.3, 0.4) is 0 Å². The number of nitrogens with two attached hydrogens (primary N) is 1. The summed E-state index contributed by atoms with van der Waals surface area (Å²) in [5.74, 6) is -0.0826. The minimum Gasteiger partial charge on any atom is -0.462 e. The number of ether oxygens (including phenoxy) is 1. The van der Waals surface area contributed by atoms with Crippen molar-refractivity contribution in [2.75, 3.05) is 12.3 Å². The second-order valence-corrected chi connectivity index (χ2v) is 6.35. The van der Waals surface area contributed by atoms with Gasteiger partial charge in [0.05, 0.1) is 12.3 Å². The van der Waals surface area contributed by atoms with E-state index in [4.69, 9.17) is 10.5 Å². The zero-order valence-corrected chi connectivity index (χ0v) is 13.7. The van der Waals surface area contributed by atoms with Crippen LogP contribution in [-0.4, -0.2) is 12.6 Å². The van der Waals surface area contributed by atoms with E-state index in [2.05, 4.69) is 39.0 Å². The Hall–Kier alpha value is -1.81. The second-order valence-electron chi connectivity index (χ2n) is 5.33. The number of carbonyl (C=O) groups is 1. The van der Waals surface area contributed by atoms with Crippen molar-refractivity contribution in [3.05, 3.63) is 40.3 Å². The molecular formula is C17H21NO2S. The largest absolute Gasteiger partial charge is 0.462 e. The molecule has 0 fully saturated rings. The minimum absolute atomic E-state index is 0.250. The fourth-order valence-corrected chi connectivity index (χ4v) is 3.65. The monoisotopic (exact) mass is 303 g/mol. The Labute approximate surface area is 129 Å². The highest BCUT2D eigenvalue weighted by Crippen LogP contribution is 2.43. The third-order valence-electron chi connectivity index (χ3n) is 3.30. The Morgan fingerprint density at radius 1 is 1.38 bits per heavy atom. The van der Waals surface area contributed by atoms with Gasteiger partial charge in [0.1, 0.15) is 4.88 Å². The molecule has 2 N–H and O–H groups in total. The number of benzene rings is 1. The van der Waals surface area contributed by atoms with E-state index in [0.717, 1.165) is 16.0 Å². The van der Waals surface area contributed by atoms with Crippen molar-refractivity contribution >= 4 is 23.0 Å². The van der Waals surface area contributed by atoms with Crippen molar-refractivity contribution < 1.29 is 9.53 Å². The molecule has 4 heteroatoms. The number of aryl methyl sites for hydroxylation is 1. The van der Waals surface area contributed by atoms with Crippen molar-refractivity contribution in [2.24, 2.45) is 0 Å². The van der Waals surface area contributed by atoms with Gasteiger partial charge in [-0.3, -0.25) is 0 Å². The van der Waals surface area contributed by atoms with Crippen LogP contribution in [0.15, 0.2) is 24.3 Å². The summed E-state index contributed by atoms with van der Waals surface area (Å²) in [4.78, 5) is 13.6. The van der Waals surface area contributed by atoms with Crippen LogP contribution >= 0.6 is 11.3 Å². The molecule has 0 amide bonds. The molecule has 0 spiro atoms. The highest BCUT2D eigenvalue weighted by atomic mass is 32.1. The summed E-state index contributed by atoms with van der Waals surface area (Å²) in [6, 6.07) is 8.25. The lowest BCUT2D eigenvalue weighted by Gasteiger charge is -2.09. The van der Waals surface area contributed by atoms with E-state index in [1.807, 2.05) is 6.07 Å². The molecule has 0 saturated heterocycles. The van der Waals surface area contributed by atoms with Gasteiger partial charge in [-0.1, -0.05) is 43.7 Å². The van der Waals surface area contributed by atoms with Gasteiger partial charge in [-0.25, -0.2) is 4.79 Å². The van der Waals surface area contributed by atoms with Crippen LogP contribution in [0.4, 0.5) is 5.69 Å². The van der Waals surface area contributed by atoms with E-state index >= 15 is 0 Å². The van der Waals surface area contributed by atoms with Crippen LogP contribution in [0.5, 0.6) is 0 Å². The SMILES string of the molecule is CCOC(=O)c1sc(-c2cccc(C)c2)c(C(C)C)c1N. The maximum Gasteiger partial charge on any atom is 0.350 e. The van der Waals surface area contributed by atoms with Crippen molar-refractivity contribution in [3.8, 4) is 10.4 Å². The molecule has 0 aliphatic carbocycles. The van der Waals surface area contributed by atoms with Gasteiger partial charge in [0, 0.05) is 4.88 Å². The second kappa shape index (κ2) is 6.31. The standard InChI is InChI=1S/C17H21NO2S/c1-5-20-17(19)16-14(18)13(10(2)3)15(21-16)12-8-6-7-11(4)9-12/h6-10H,5,18H2,1-4H3. The lowest BCUT2D eigenvalue weighted by molar-refractivity contribution is 0.0533. The van der Waals surface area contributed by atoms with Gasteiger partial charge in [0.15, 0.2) is 0 Å². The number of hydrogen-bond acceptors (Lipinski definition) is 4. The molecule has 1 heterocycles. The first-order valence-corrected chi connectivity index (χ1v) is 7.93. The molecule has 0 aliphatic rings. The van der Waals surface area contributed by atoms with Gasteiger partial charge in [-0.15, -0.1) is 11.3 Å². The number of esters is 1. The Kier molecular flexibility index (Phi) is 4.68. The number of nitrogen functional groups attached to an aromatic ring is 1. The predicted octanol–water partition coefficient (Wildman–Crippen LogP) is 4.61. The number of rotatable bonds is 4. The smallest absolute Gasteiger partial charge is 0.350 e. The maximum atomic E-state index is 12.1. The van der Waals surface area contributed by atoms with Crippen LogP contribution in [0.1, 0.15) is 47.5 Å². The number of anilines is 1. The molecule has 0 bridgehead atoms. The van der Waals surface area contributed by atoms with Crippen LogP contribution in [0.2, 0.25) is 0 Å². The summed E-state index contributed by atoms with van der Waals surface area (Å²) in [6.45, 7) is 8.39. The van der Waals surface area contributed by atoms with Gasteiger partial charge in [-0.2, -0.15) is 0 Å². The first-order chi connectivity index (χ1) is 9.95. The van der Waals surface area contributed by atoms with Crippen LogP contribution in [0, 0.1) is 6.92 Å². The molecule has 0 atom stereocenters. The predicted molar refractivity (Wildman–Crippen MR) is 88.9 cm³/mol. The summed E-state index contributed by atoms with van der Waals surface area (Å²) in [5.41, 5.74) is 10.1. The van der Waals surface area contributed by atoms with Gasteiger partial charge in [-0.05, 0) is 30.9 Å². The van der Waals surface area contributed by atoms with Crippen LogP contribution in [-0.2, 0) is 4.74 Å². The first-order valence-electron chi connectivity index (χ1n) is 7.12. The number of carbonyl (C=O) groups excluding carboxylic acids is 1. The molecular weight excluding hydrogens is 282 g/mol. The van der Waals surface area contributed by atoms with E-state index < -0.39 is 0 Å². The van der Waals surface area contributed by atoms with E-state index in [-0.39, 0.29) is 11.9 Å². The summed E-state index contributed by atoms with van der Waals surface area (Å²) in [6.07, 6.45) is 0. The Balaban J connectivity index is 2.60. The maximum absolute atomic E-state index is 12.1. The molecule has 3 nitrogen and oxygen atoms in total. The van der Waals surface area contributed by atoms with Gasteiger partial charge in [0.25, 0.3) is 0 Å². The van der Waals surface area contributed by atoms with E-state index in [1.165, 1.54) is 16.9 Å². The lowest BCUT2D eigenvalue weighted by Crippen LogP contribution is -2.06. The average molecular weight is 303 g/mol. The topological polar surface area (TPSA) is 52.3 Å².